The van der Waals surface area contributed by atoms with Crippen molar-refractivity contribution < 1.29 is 18.0 Å². The molecule has 5 nitrogen and oxygen atoms in total. The molecule has 164 valence electrons. The molecule has 2 fully saturated rings. The van der Waals surface area contributed by atoms with Gasteiger partial charge in [0.1, 0.15) is 5.71 Å². The lowest BCUT2D eigenvalue weighted by atomic mass is 9.96. The molecular weight excluding hydrogens is 405 g/mol. The number of nitrogen functional groups attached to an aromatic ring is 1. The van der Waals surface area contributed by atoms with E-state index in [1.54, 1.807) is 18.2 Å². The minimum atomic E-state index is -4.40. The molecule has 0 aromatic heterocycles. The molecule has 2 aromatic carbocycles. The number of carbonyl (C=O) groups is 1. The number of rotatable bonds is 4. The van der Waals surface area contributed by atoms with Gasteiger partial charge < -0.3 is 16.0 Å². The van der Waals surface area contributed by atoms with E-state index in [1.165, 1.54) is 12.1 Å². The summed E-state index contributed by atoms with van der Waals surface area (Å²) in [4.78, 5) is 15.1. The lowest BCUT2D eigenvalue weighted by molar-refractivity contribution is -0.137. The Morgan fingerprint density at radius 2 is 1.65 bits per heavy atom. The molecule has 0 saturated carbocycles. The molecule has 4 rings (SSSR count). The fourth-order valence-electron chi connectivity index (χ4n) is 4.71. The first-order valence-corrected chi connectivity index (χ1v) is 10.3. The van der Waals surface area contributed by atoms with E-state index in [1.807, 2.05) is 0 Å². The third kappa shape index (κ3) is 4.30. The third-order valence-electron chi connectivity index (χ3n) is 6.53. The first-order valence-electron chi connectivity index (χ1n) is 10.3. The number of benzene rings is 2. The van der Waals surface area contributed by atoms with E-state index < -0.39 is 17.6 Å². The fourth-order valence-corrected chi connectivity index (χ4v) is 4.71. The quantitative estimate of drug-likeness (QED) is 0.505. The summed E-state index contributed by atoms with van der Waals surface area (Å²) in [5.41, 5.74) is 6.74. The van der Waals surface area contributed by atoms with E-state index in [0.717, 1.165) is 37.8 Å². The van der Waals surface area contributed by atoms with Gasteiger partial charge in [-0.05, 0) is 68.1 Å². The lowest BCUT2D eigenvalue weighted by Gasteiger charge is -2.36. The van der Waals surface area contributed by atoms with Crippen LogP contribution in [-0.2, 0) is 11.0 Å². The first kappa shape index (κ1) is 21.4. The van der Waals surface area contributed by atoms with Crippen molar-refractivity contribution in [1.29, 1.82) is 5.41 Å². The van der Waals surface area contributed by atoms with Crippen LogP contribution in [0.3, 0.4) is 0 Å². The largest absolute Gasteiger partial charge is 0.416 e. The van der Waals surface area contributed by atoms with Crippen molar-refractivity contribution in [2.75, 3.05) is 12.8 Å². The summed E-state index contributed by atoms with van der Waals surface area (Å²) < 4.78 is 38.4. The van der Waals surface area contributed by atoms with Crippen molar-refractivity contribution in [3.05, 3.63) is 53.6 Å². The Balaban J connectivity index is 1.50. The van der Waals surface area contributed by atoms with Crippen LogP contribution in [0.1, 0.15) is 36.8 Å². The smallest absolute Gasteiger partial charge is 0.398 e. The molecule has 2 aliphatic rings. The molecule has 2 unspecified atom stereocenters. The van der Waals surface area contributed by atoms with Gasteiger partial charge in [0.05, 0.1) is 5.56 Å². The maximum absolute atomic E-state index is 12.8. The molecule has 4 N–H and O–H groups in total. The molecule has 2 atom stereocenters. The number of hydrogen-bond donors (Lipinski definition) is 3. The first-order chi connectivity index (χ1) is 14.6. The summed E-state index contributed by atoms with van der Waals surface area (Å²) in [6, 6.07) is 10.5. The highest BCUT2D eigenvalue weighted by atomic mass is 19.4. The van der Waals surface area contributed by atoms with Crippen LogP contribution in [0.4, 0.5) is 18.9 Å². The van der Waals surface area contributed by atoms with Gasteiger partial charge in [-0.25, -0.2) is 0 Å². The zero-order valence-electron chi connectivity index (χ0n) is 17.2. The van der Waals surface area contributed by atoms with E-state index in [0.29, 0.717) is 23.2 Å². The van der Waals surface area contributed by atoms with Gasteiger partial charge in [-0.1, -0.05) is 18.2 Å². The summed E-state index contributed by atoms with van der Waals surface area (Å²) in [5, 5.41) is 11.4. The Hall–Kier alpha value is -2.87. The number of nitrogens with one attached hydrogen (secondary N) is 2. The molecule has 0 spiro atoms. The van der Waals surface area contributed by atoms with E-state index in [-0.39, 0.29) is 23.0 Å². The summed E-state index contributed by atoms with van der Waals surface area (Å²) in [7, 11) is 2.12. The van der Waals surface area contributed by atoms with Gasteiger partial charge in [0.25, 0.3) is 5.91 Å². The molecule has 31 heavy (non-hydrogen) atoms. The van der Waals surface area contributed by atoms with E-state index >= 15 is 0 Å². The molecule has 1 amide bonds. The molecular formula is C23H25F3N4O. The van der Waals surface area contributed by atoms with E-state index in [2.05, 4.69) is 17.3 Å². The Labute approximate surface area is 178 Å². The minimum Gasteiger partial charge on any atom is -0.398 e. The van der Waals surface area contributed by atoms with Gasteiger partial charge in [-0.3, -0.25) is 10.2 Å². The second-order valence-corrected chi connectivity index (χ2v) is 8.44. The number of carbonyl (C=O) groups excluding carboxylic acids is 1. The molecule has 2 saturated heterocycles. The standard InChI is InChI=1S/C23H25F3N4O/c1-30-17-7-8-18(30)12-16(11-17)29-22(31)21(28)19-10-14(4-9-20(19)27)13-2-5-15(6-3-13)23(24,25)26/h2-6,9-10,16-18,28H,7-8,11-12,27H2,1H3,(H,29,31). The van der Waals surface area contributed by atoms with Crippen LogP contribution in [0.5, 0.6) is 0 Å². The molecule has 2 heterocycles. The number of halogens is 3. The van der Waals surface area contributed by atoms with Crippen LogP contribution in [0.25, 0.3) is 11.1 Å². The predicted molar refractivity (Wildman–Crippen MR) is 114 cm³/mol. The van der Waals surface area contributed by atoms with Crippen molar-refractivity contribution >= 4 is 17.3 Å². The van der Waals surface area contributed by atoms with Crippen LogP contribution in [0, 0.1) is 5.41 Å². The normalized spacial score (nSPS) is 23.5. The summed E-state index contributed by atoms with van der Waals surface area (Å²) in [5.74, 6) is -0.481. The molecule has 0 aliphatic carbocycles. The minimum absolute atomic E-state index is 0.0286. The number of hydrogen-bond acceptors (Lipinski definition) is 4. The Kier molecular flexibility index (Phi) is 5.51. The Morgan fingerprint density at radius 3 is 2.23 bits per heavy atom. The average molecular weight is 430 g/mol. The maximum Gasteiger partial charge on any atom is 0.416 e. The SMILES string of the molecule is CN1C2CCC1CC(NC(=O)C(=N)c1cc(-c3ccc(C(F)(F)F)cc3)ccc1N)C2. The highest BCUT2D eigenvalue weighted by Gasteiger charge is 2.39. The van der Waals surface area contributed by atoms with Crippen molar-refractivity contribution in [3.8, 4) is 11.1 Å². The number of nitrogens with zero attached hydrogens (tertiary/aromatic N) is 1. The monoisotopic (exact) mass is 430 g/mol. The van der Waals surface area contributed by atoms with E-state index in [4.69, 9.17) is 11.1 Å². The summed E-state index contributed by atoms with van der Waals surface area (Å²) in [6.07, 6.45) is -0.404. The summed E-state index contributed by atoms with van der Waals surface area (Å²) >= 11 is 0. The van der Waals surface area contributed by atoms with Gasteiger partial charge in [0.15, 0.2) is 0 Å². The number of fused-ring (bicyclic) bond motifs is 2. The Bertz CT molecular complexity index is 989. The van der Waals surface area contributed by atoms with Gasteiger partial charge in [-0.2, -0.15) is 13.2 Å². The second-order valence-electron chi connectivity index (χ2n) is 8.44. The third-order valence-corrected chi connectivity index (χ3v) is 6.53. The predicted octanol–water partition coefficient (Wildman–Crippen LogP) is 4.06. The summed E-state index contributed by atoms with van der Waals surface area (Å²) in [6.45, 7) is 0. The number of amides is 1. The van der Waals surface area contributed by atoms with Crippen LogP contribution in [0.15, 0.2) is 42.5 Å². The zero-order chi connectivity index (χ0) is 22.3. The second kappa shape index (κ2) is 8.00. The van der Waals surface area contributed by atoms with Crippen molar-refractivity contribution in [2.24, 2.45) is 0 Å². The number of nitrogens with two attached hydrogens (primary N) is 1. The number of anilines is 1. The van der Waals surface area contributed by atoms with Gasteiger partial charge in [0.2, 0.25) is 0 Å². The molecule has 2 aliphatic heterocycles. The van der Waals surface area contributed by atoms with Crippen molar-refractivity contribution in [1.82, 2.24) is 10.2 Å². The molecule has 2 aromatic rings. The van der Waals surface area contributed by atoms with Crippen LogP contribution >= 0.6 is 0 Å². The highest BCUT2D eigenvalue weighted by Crippen LogP contribution is 2.34. The van der Waals surface area contributed by atoms with E-state index in [9.17, 15) is 18.0 Å². The van der Waals surface area contributed by atoms with Crippen molar-refractivity contribution in [3.63, 3.8) is 0 Å². The van der Waals surface area contributed by atoms with Crippen LogP contribution < -0.4 is 11.1 Å². The molecule has 2 bridgehead atoms. The van der Waals surface area contributed by atoms with Gasteiger partial charge in [-0.15, -0.1) is 0 Å². The van der Waals surface area contributed by atoms with Gasteiger partial charge in [0, 0.05) is 29.4 Å². The number of alkyl halides is 3. The average Bonchev–Trinajstić information content (AvgIpc) is 2.94. The molecule has 8 heteroatoms. The maximum atomic E-state index is 12.8. The lowest BCUT2D eigenvalue weighted by Crippen LogP contribution is -2.50. The van der Waals surface area contributed by atoms with Gasteiger partial charge >= 0.3 is 6.18 Å². The van der Waals surface area contributed by atoms with Crippen LogP contribution in [0.2, 0.25) is 0 Å². The Morgan fingerprint density at radius 1 is 1.06 bits per heavy atom. The van der Waals surface area contributed by atoms with Crippen molar-refractivity contribution in [2.45, 2.75) is 50.0 Å². The topological polar surface area (TPSA) is 82.2 Å². The van der Waals surface area contributed by atoms with Crippen LogP contribution in [-0.4, -0.2) is 41.7 Å². The highest BCUT2D eigenvalue weighted by molar-refractivity contribution is 6.45. The zero-order valence-corrected chi connectivity index (χ0v) is 17.2. The molecule has 0 radical (unpaired) electrons. The number of piperidine rings is 1. The fraction of sp³-hybridized carbons (Fsp3) is 0.391.